The maximum atomic E-state index is 14.3. The van der Waals surface area contributed by atoms with Crippen molar-refractivity contribution in [2.75, 3.05) is 10.8 Å². The molecule has 0 fully saturated rings. The Morgan fingerprint density at radius 1 is 0.543 bits per heavy atom. The van der Waals surface area contributed by atoms with Gasteiger partial charge in [-0.25, -0.2) is 8.42 Å². The summed E-state index contributed by atoms with van der Waals surface area (Å²) in [6.07, 6.45) is 12.3. The molecule has 0 aliphatic carbocycles. The fourth-order valence-electron chi connectivity index (χ4n) is 5.97. The second-order valence-corrected chi connectivity index (χ2v) is 19.7. The van der Waals surface area contributed by atoms with Crippen molar-refractivity contribution in [3.05, 3.63) is 71.4 Å². The maximum absolute atomic E-state index is 14.3. The van der Waals surface area contributed by atoms with Crippen molar-refractivity contribution in [2.24, 2.45) is 0 Å². The zero-order valence-corrected chi connectivity index (χ0v) is 31.5. The summed E-state index contributed by atoms with van der Waals surface area (Å²) in [5.41, 5.74) is 0.855. The molecule has 240 valence electrons. The Kier molecular flexibility index (Phi) is 10.3. The van der Waals surface area contributed by atoms with Gasteiger partial charge in [-0.2, -0.15) is 0 Å². The minimum absolute atomic E-state index is 0.469. The Labute approximate surface area is 296 Å². The summed E-state index contributed by atoms with van der Waals surface area (Å²) in [4.78, 5) is 11.9. The average molecular weight is 740 g/mol. The minimum atomic E-state index is -3.67. The van der Waals surface area contributed by atoms with Gasteiger partial charge in [0.05, 0.1) is 15.4 Å². The first-order chi connectivity index (χ1) is 22.5. The number of nitrogens with zero attached hydrogens (tertiary/aromatic N) is 1. The number of thiophene rings is 6. The third-order valence-corrected chi connectivity index (χ3v) is 17.5. The monoisotopic (exact) mass is 739 g/mol. The smallest absolute Gasteiger partial charge is 0.265 e. The molecule has 1 aliphatic rings. The van der Waals surface area contributed by atoms with Gasteiger partial charge in [0.25, 0.3) is 10.0 Å². The van der Waals surface area contributed by atoms with Gasteiger partial charge in [-0.3, -0.25) is 4.31 Å². The lowest BCUT2D eigenvalue weighted by Gasteiger charge is -2.28. The lowest BCUT2D eigenvalue weighted by molar-refractivity contribution is 0.555. The second-order valence-electron chi connectivity index (χ2n) is 11.7. The quantitative estimate of drug-likeness (QED) is 0.0984. The van der Waals surface area contributed by atoms with Crippen molar-refractivity contribution in [3.8, 4) is 48.8 Å². The van der Waals surface area contributed by atoms with E-state index < -0.39 is 10.0 Å². The van der Waals surface area contributed by atoms with Crippen LogP contribution in [0.4, 0.5) is 5.69 Å². The summed E-state index contributed by atoms with van der Waals surface area (Å²) in [5, 5.41) is 4.21. The fourth-order valence-corrected chi connectivity index (χ4v) is 14.4. The zero-order valence-electron chi connectivity index (χ0n) is 25.8. The standard InChI is InChI=1S/C36H37NO2S7/c1-2-3-4-5-6-7-8-9-10-11-20-37-25-23-32(30-18-16-28(42-30)26-14-12-21-40-26)44-35(25)36-34(46(37,38)39)24-33(45-36)31-19-17-29(43-31)27-15-13-22-41-27/h12-19,21-24H,2-11,20H2,1H3. The van der Waals surface area contributed by atoms with Crippen molar-refractivity contribution in [1.82, 2.24) is 0 Å². The van der Waals surface area contributed by atoms with Gasteiger partial charge in [0.15, 0.2) is 0 Å². The van der Waals surface area contributed by atoms with E-state index in [0.717, 1.165) is 42.9 Å². The maximum Gasteiger partial charge on any atom is 0.265 e. The number of hydrogen-bond acceptors (Lipinski definition) is 8. The molecule has 0 atom stereocenters. The Morgan fingerprint density at radius 3 is 1.59 bits per heavy atom. The Bertz CT molecular complexity index is 1970. The molecule has 0 saturated heterocycles. The molecule has 0 radical (unpaired) electrons. The van der Waals surface area contributed by atoms with E-state index in [0.29, 0.717) is 11.4 Å². The lowest BCUT2D eigenvalue weighted by Crippen LogP contribution is -2.34. The second kappa shape index (κ2) is 14.6. The molecule has 0 spiro atoms. The van der Waals surface area contributed by atoms with Gasteiger partial charge < -0.3 is 0 Å². The first-order valence-corrected chi connectivity index (χ1v) is 22.6. The zero-order chi connectivity index (χ0) is 31.5. The van der Waals surface area contributed by atoms with Crippen LogP contribution in [0.2, 0.25) is 0 Å². The molecule has 46 heavy (non-hydrogen) atoms. The van der Waals surface area contributed by atoms with Crippen LogP contribution in [-0.4, -0.2) is 15.0 Å². The molecule has 3 nitrogen and oxygen atoms in total. The molecule has 0 amide bonds. The van der Waals surface area contributed by atoms with Gasteiger partial charge >= 0.3 is 0 Å². The number of sulfonamides is 1. The summed E-state index contributed by atoms with van der Waals surface area (Å²) in [7, 11) is -3.67. The topological polar surface area (TPSA) is 37.4 Å². The average Bonchev–Trinajstić information content (AvgIpc) is 3.88. The third kappa shape index (κ3) is 6.77. The van der Waals surface area contributed by atoms with E-state index in [1.54, 1.807) is 72.3 Å². The first-order valence-electron chi connectivity index (χ1n) is 16.1. The van der Waals surface area contributed by atoms with Crippen LogP contribution < -0.4 is 4.31 Å². The van der Waals surface area contributed by atoms with Gasteiger partial charge in [0.2, 0.25) is 0 Å². The SMILES string of the molecule is CCCCCCCCCCCCN1c2cc(-c3ccc(-c4cccs4)s3)sc2-c2sc(-c3ccc(-c4cccs4)s3)cc2S1(=O)=O. The molecule has 1 aliphatic heterocycles. The predicted molar refractivity (Wildman–Crippen MR) is 207 cm³/mol. The lowest BCUT2D eigenvalue weighted by atomic mass is 10.1. The Hall–Kier alpha value is -2.05. The Morgan fingerprint density at radius 2 is 1.04 bits per heavy atom. The van der Waals surface area contributed by atoms with E-state index in [-0.39, 0.29) is 0 Å². The van der Waals surface area contributed by atoms with Crippen molar-refractivity contribution in [1.29, 1.82) is 0 Å². The van der Waals surface area contributed by atoms with E-state index >= 15 is 0 Å². The summed E-state index contributed by atoms with van der Waals surface area (Å²) in [6.45, 7) is 2.79. The Balaban J connectivity index is 1.15. The van der Waals surface area contributed by atoms with Crippen LogP contribution in [0, 0.1) is 0 Å². The normalized spacial score (nSPS) is 13.7. The molecular formula is C36H37NO2S7. The number of fused-ring (bicyclic) bond motifs is 3. The van der Waals surface area contributed by atoms with E-state index in [2.05, 4.69) is 72.3 Å². The molecule has 6 aromatic rings. The molecule has 10 heteroatoms. The van der Waals surface area contributed by atoms with Crippen LogP contribution in [0.3, 0.4) is 0 Å². The number of hydrogen-bond donors (Lipinski definition) is 0. The third-order valence-electron chi connectivity index (χ3n) is 8.39. The number of unbranched alkanes of at least 4 members (excludes halogenated alkanes) is 9. The molecule has 7 heterocycles. The van der Waals surface area contributed by atoms with Crippen molar-refractivity contribution < 1.29 is 8.42 Å². The van der Waals surface area contributed by atoms with Crippen molar-refractivity contribution in [2.45, 2.75) is 76.0 Å². The highest BCUT2D eigenvalue weighted by molar-refractivity contribution is 7.93. The molecule has 0 aromatic carbocycles. The molecule has 0 unspecified atom stereocenters. The largest absolute Gasteiger partial charge is 0.265 e. The molecular weight excluding hydrogens is 703 g/mol. The molecule has 7 rings (SSSR count). The first kappa shape index (κ1) is 32.5. The van der Waals surface area contributed by atoms with Crippen LogP contribution in [0.5, 0.6) is 0 Å². The van der Waals surface area contributed by atoms with E-state index in [4.69, 9.17) is 0 Å². The summed E-state index contributed by atoms with van der Waals surface area (Å²) < 4.78 is 30.4. The van der Waals surface area contributed by atoms with Crippen LogP contribution in [0.1, 0.15) is 71.1 Å². The molecule has 6 aromatic heterocycles. The summed E-state index contributed by atoms with van der Waals surface area (Å²) >= 11 is 10.4. The van der Waals surface area contributed by atoms with Crippen LogP contribution in [-0.2, 0) is 10.0 Å². The fraction of sp³-hybridized carbons (Fsp3) is 0.333. The molecule has 0 saturated carbocycles. The highest BCUT2D eigenvalue weighted by Crippen LogP contribution is 2.56. The summed E-state index contributed by atoms with van der Waals surface area (Å²) in [6, 6.07) is 21.2. The van der Waals surface area contributed by atoms with Gasteiger partial charge in [-0.15, -0.1) is 68.0 Å². The van der Waals surface area contributed by atoms with Crippen LogP contribution in [0.15, 0.2) is 76.3 Å². The van der Waals surface area contributed by atoms with Crippen molar-refractivity contribution in [3.63, 3.8) is 0 Å². The summed E-state index contributed by atoms with van der Waals surface area (Å²) in [5.74, 6) is 0. The highest BCUT2D eigenvalue weighted by Gasteiger charge is 2.38. The van der Waals surface area contributed by atoms with E-state index in [9.17, 15) is 8.42 Å². The van der Waals surface area contributed by atoms with E-state index in [1.165, 1.54) is 75.8 Å². The molecule has 0 bridgehead atoms. The van der Waals surface area contributed by atoms with Crippen molar-refractivity contribution >= 4 is 83.7 Å². The van der Waals surface area contributed by atoms with Gasteiger partial charge in [-0.05, 0) is 65.7 Å². The van der Waals surface area contributed by atoms with Crippen LogP contribution >= 0.6 is 68.0 Å². The highest BCUT2D eigenvalue weighted by atomic mass is 32.2. The van der Waals surface area contributed by atoms with Crippen LogP contribution in [0.25, 0.3) is 48.8 Å². The van der Waals surface area contributed by atoms with Gasteiger partial charge in [-0.1, -0.05) is 76.8 Å². The predicted octanol–water partition coefficient (Wildman–Crippen LogP) is 13.8. The van der Waals surface area contributed by atoms with E-state index in [1.807, 2.05) is 6.07 Å². The number of rotatable bonds is 15. The van der Waals surface area contributed by atoms with Gasteiger partial charge in [0, 0.05) is 45.6 Å². The minimum Gasteiger partial charge on any atom is -0.265 e. The molecule has 0 N–H and O–H groups in total. The number of anilines is 1. The van der Waals surface area contributed by atoms with Gasteiger partial charge in [0.1, 0.15) is 4.90 Å².